The summed E-state index contributed by atoms with van der Waals surface area (Å²) in [7, 11) is 0. The van der Waals surface area contributed by atoms with Crippen molar-refractivity contribution in [3.05, 3.63) is 133 Å². The summed E-state index contributed by atoms with van der Waals surface area (Å²) in [5.74, 6) is 0. The van der Waals surface area contributed by atoms with Gasteiger partial charge in [-0.3, -0.25) is 0 Å². The van der Waals surface area contributed by atoms with Crippen molar-refractivity contribution in [1.82, 2.24) is 4.57 Å². The minimum Gasteiger partial charge on any atom is -0.310 e. The Hall–Kier alpha value is -4.35. The SMILES string of the molecule is C=C/C=C\c1c(C)c2ccc(-c3cccc(C/C=C(/C#N)C=C)c3)cc2n1-c1ccccc1. The molecule has 4 aromatic rings. The molecule has 0 unspecified atom stereocenters. The molecule has 0 saturated carbocycles. The number of para-hydroxylation sites is 1. The van der Waals surface area contributed by atoms with Crippen LogP contribution in [0.5, 0.6) is 0 Å². The van der Waals surface area contributed by atoms with E-state index in [1.807, 2.05) is 24.3 Å². The van der Waals surface area contributed by atoms with Gasteiger partial charge >= 0.3 is 0 Å². The molecule has 0 aliphatic carbocycles. The third-order valence-electron chi connectivity index (χ3n) is 5.84. The van der Waals surface area contributed by atoms with E-state index in [1.54, 1.807) is 6.08 Å². The predicted octanol–water partition coefficient (Wildman–Crippen LogP) is 7.98. The van der Waals surface area contributed by atoms with Gasteiger partial charge in [0.2, 0.25) is 0 Å². The minimum absolute atomic E-state index is 0.595. The molecule has 0 fully saturated rings. The second-order valence-electron chi connectivity index (χ2n) is 7.89. The number of fused-ring (bicyclic) bond motifs is 1. The first-order chi connectivity index (χ1) is 16.2. The molecule has 0 N–H and O–H groups in total. The fraction of sp³-hybridized carbons (Fsp3) is 0.0645. The Morgan fingerprint density at radius 3 is 2.48 bits per heavy atom. The van der Waals surface area contributed by atoms with Crippen molar-refractivity contribution in [2.24, 2.45) is 0 Å². The standard InChI is InChI=1S/C31H26N2/c1-4-6-15-30-23(3)29-19-18-27(21-31(29)33(30)28-13-8-7-9-14-28)26-12-10-11-25(20-26)17-16-24(5-2)22-32/h4-16,18-21H,1-2,17H2,3H3/b15-6-,24-16+. The molecule has 0 saturated heterocycles. The van der Waals surface area contributed by atoms with Crippen LogP contribution >= 0.6 is 0 Å². The van der Waals surface area contributed by atoms with E-state index >= 15 is 0 Å². The normalized spacial score (nSPS) is 11.6. The minimum atomic E-state index is 0.595. The van der Waals surface area contributed by atoms with Gasteiger partial charge in [-0.2, -0.15) is 5.26 Å². The van der Waals surface area contributed by atoms with Crippen LogP contribution in [-0.4, -0.2) is 4.57 Å². The van der Waals surface area contributed by atoms with Gasteiger partial charge in [-0.05, 0) is 59.9 Å². The Morgan fingerprint density at radius 2 is 1.76 bits per heavy atom. The van der Waals surface area contributed by atoms with Crippen molar-refractivity contribution in [2.45, 2.75) is 13.3 Å². The summed E-state index contributed by atoms with van der Waals surface area (Å²) in [6.07, 6.45) is 10.1. The van der Waals surface area contributed by atoms with E-state index in [9.17, 15) is 0 Å². The molecule has 0 spiro atoms. The lowest BCUT2D eigenvalue weighted by Crippen LogP contribution is -1.96. The summed E-state index contributed by atoms with van der Waals surface area (Å²) in [5, 5.41) is 10.4. The highest BCUT2D eigenvalue weighted by atomic mass is 15.0. The topological polar surface area (TPSA) is 28.7 Å². The largest absolute Gasteiger partial charge is 0.310 e. The maximum atomic E-state index is 9.13. The maximum absolute atomic E-state index is 9.13. The molecule has 2 nitrogen and oxygen atoms in total. The molecule has 0 aliphatic heterocycles. The monoisotopic (exact) mass is 426 g/mol. The van der Waals surface area contributed by atoms with Crippen LogP contribution in [0.4, 0.5) is 0 Å². The zero-order chi connectivity index (χ0) is 23.2. The van der Waals surface area contributed by atoms with Crippen LogP contribution in [0.3, 0.4) is 0 Å². The fourth-order valence-corrected chi connectivity index (χ4v) is 4.14. The summed E-state index contributed by atoms with van der Waals surface area (Å²) < 4.78 is 2.31. The average Bonchev–Trinajstić information content (AvgIpc) is 3.14. The van der Waals surface area contributed by atoms with Gasteiger partial charge in [0.15, 0.2) is 0 Å². The molecular weight excluding hydrogens is 400 g/mol. The molecule has 3 aromatic carbocycles. The predicted molar refractivity (Wildman–Crippen MR) is 140 cm³/mol. The first-order valence-electron chi connectivity index (χ1n) is 11.0. The van der Waals surface area contributed by atoms with Crippen LogP contribution in [0.25, 0.3) is 33.8 Å². The van der Waals surface area contributed by atoms with Gasteiger partial charge in [0.25, 0.3) is 0 Å². The van der Waals surface area contributed by atoms with Gasteiger partial charge in [-0.25, -0.2) is 0 Å². The van der Waals surface area contributed by atoms with Gasteiger partial charge in [-0.15, -0.1) is 0 Å². The number of aromatic nitrogens is 1. The highest BCUT2D eigenvalue weighted by Crippen LogP contribution is 2.33. The van der Waals surface area contributed by atoms with Crippen LogP contribution < -0.4 is 0 Å². The highest BCUT2D eigenvalue weighted by Gasteiger charge is 2.14. The molecule has 0 bridgehead atoms. The summed E-state index contributed by atoms with van der Waals surface area (Å²) in [5.41, 5.74) is 8.76. The van der Waals surface area contributed by atoms with E-state index in [0.29, 0.717) is 12.0 Å². The molecule has 2 heteroatoms. The van der Waals surface area contributed by atoms with Crippen molar-refractivity contribution in [3.63, 3.8) is 0 Å². The number of rotatable bonds is 7. The van der Waals surface area contributed by atoms with Gasteiger partial charge in [0, 0.05) is 22.3 Å². The molecule has 0 amide bonds. The van der Waals surface area contributed by atoms with E-state index in [2.05, 4.69) is 104 Å². The molecule has 1 heterocycles. The first-order valence-corrected chi connectivity index (χ1v) is 11.0. The average molecular weight is 427 g/mol. The fourth-order valence-electron chi connectivity index (χ4n) is 4.14. The van der Waals surface area contributed by atoms with Gasteiger partial charge in [-0.1, -0.05) is 92.1 Å². The maximum Gasteiger partial charge on any atom is 0.0988 e. The van der Waals surface area contributed by atoms with E-state index < -0.39 is 0 Å². The van der Waals surface area contributed by atoms with Gasteiger partial charge in [0.05, 0.1) is 11.6 Å². The van der Waals surface area contributed by atoms with Crippen LogP contribution in [0.1, 0.15) is 16.8 Å². The lowest BCUT2D eigenvalue weighted by Gasteiger charge is -2.10. The number of aryl methyl sites for hydroxylation is 1. The van der Waals surface area contributed by atoms with E-state index in [0.717, 1.165) is 28.1 Å². The number of benzene rings is 3. The molecule has 1 aromatic heterocycles. The summed E-state index contributed by atoms with van der Waals surface area (Å²) in [6, 6.07) is 27.7. The van der Waals surface area contributed by atoms with Gasteiger partial charge in [0.1, 0.15) is 0 Å². The Kier molecular flexibility index (Phi) is 6.53. The Labute approximate surface area is 195 Å². The molecular formula is C31H26N2. The second-order valence-corrected chi connectivity index (χ2v) is 7.89. The van der Waals surface area contributed by atoms with Crippen LogP contribution in [0, 0.1) is 18.3 Å². The Bertz CT molecular complexity index is 1420. The van der Waals surface area contributed by atoms with Crippen molar-refractivity contribution in [3.8, 4) is 22.9 Å². The van der Waals surface area contributed by atoms with E-state index in [4.69, 9.17) is 5.26 Å². The second kappa shape index (κ2) is 9.85. The number of hydrogen-bond acceptors (Lipinski definition) is 1. The highest BCUT2D eigenvalue weighted by molar-refractivity contribution is 5.93. The third kappa shape index (κ3) is 4.49. The van der Waals surface area contributed by atoms with Crippen LogP contribution in [-0.2, 0) is 6.42 Å². The lowest BCUT2D eigenvalue weighted by molar-refractivity contribution is 1.10. The first kappa shape index (κ1) is 21.9. The number of hydrogen-bond donors (Lipinski definition) is 0. The Balaban J connectivity index is 1.85. The molecule has 0 atom stereocenters. The summed E-state index contributed by atoms with van der Waals surface area (Å²) in [6.45, 7) is 9.70. The zero-order valence-electron chi connectivity index (χ0n) is 18.8. The van der Waals surface area contributed by atoms with Crippen molar-refractivity contribution in [1.29, 1.82) is 5.26 Å². The molecule has 33 heavy (non-hydrogen) atoms. The molecule has 160 valence electrons. The van der Waals surface area contributed by atoms with Crippen LogP contribution in [0.2, 0.25) is 0 Å². The molecule has 0 radical (unpaired) electrons. The lowest BCUT2D eigenvalue weighted by atomic mass is 9.99. The number of nitrogens with zero attached hydrogens (tertiary/aromatic N) is 2. The van der Waals surface area contributed by atoms with Crippen molar-refractivity contribution in [2.75, 3.05) is 0 Å². The smallest absolute Gasteiger partial charge is 0.0988 e. The van der Waals surface area contributed by atoms with Gasteiger partial charge < -0.3 is 4.57 Å². The van der Waals surface area contributed by atoms with Crippen molar-refractivity contribution < 1.29 is 0 Å². The summed E-state index contributed by atoms with van der Waals surface area (Å²) in [4.78, 5) is 0. The quantitative estimate of drug-likeness (QED) is 0.217. The summed E-state index contributed by atoms with van der Waals surface area (Å²) >= 11 is 0. The number of nitriles is 1. The Morgan fingerprint density at radius 1 is 0.970 bits per heavy atom. The number of allylic oxidation sites excluding steroid dienone is 5. The van der Waals surface area contributed by atoms with Crippen LogP contribution in [0.15, 0.2) is 116 Å². The van der Waals surface area contributed by atoms with E-state index in [1.165, 1.54) is 16.5 Å². The molecule has 4 rings (SSSR count). The van der Waals surface area contributed by atoms with E-state index in [-0.39, 0.29) is 0 Å². The zero-order valence-corrected chi connectivity index (χ0v) is 18.8. The van der Waals surface area contributed by atoms with Crippen molar-refractivity contribution >= 4 is 17.0 Å². The third-order valence-corrected chi connectivity index (χ3v) is 5.84. The molecule has 0 aliphatic rings.